The minimum absolute atomic E-state index is 0.195. The number of hydrogen-bond acceptors (Lipinski definition) is 6. The zero-order chi connectivity index (χ0) is 22.8. The third-order valence-corrected chi connectivity index (χ3v) is 5.89. The molecule has 0 radical (unpaired) electrons. The van der Waals surface area contributed by atoms with Crippen LogP contribution >= 0.6 is 23.8 Å². The number of anilines is 2. The first kappa shape index (κ1) is 22.0. The molecule has 2 N–H and O–H groups in total. The third kappa shape index (κ3) is 4.37. The van der Waals surface area contributed by atoms with E-state index in [1.807, 2.05) is 30.0 Å². The number of fused-ring (bicyclic) bond motifs is 1. The normalized spacial score (nSPS) is 13.9. The summed E-state index contributed by atoms with van der Waals surface area (Å²) < 4.78 is 1.66. The van der Waals surface area contributed by atoms with Crippen LogP contribution in [0.15, 0.2) is 41.5 Å². The molecule has 2 aromatic heterocycles. The molecule has 32 heavy (non-hydrogen) atoms. The van der Waals surface area contributed by atoms with Crippen molar-refractivity contribution in [2.75, 3.05) is 36.4 Å². The monoisotopic (exact) mass is 472 g/mol. The Morgan fingerprint density at radius 2 is 2.03 bits per heavy atom. The molecule has 0 aliphatic carbocycles. The second-order valence-electron chi connectivity index (χ2n) is 7.28. The highest BCUT2D eigenvalue weighted by molar-refractivity contribution is 7.80. The first-order chi connectivity index (χ1) is 15.4. The van der Waals surface area contributed by atoms with E-state index in [-0.39, 0.29) is 10.9 Å². The molecule has 1 fully saturated rings. The van der Waals surface area contributed by atoms with Gasteiger partial charge in [-0.05, 0) is 37.3 Å². The minimum Gasteiger partial charge on any atom is -0.477 e. The lowest BCUT2D eigenvalue weighted by Crippen LogP contribution is -2.50. The minimum atomic E-state index is -1.26. The van der Waals surface area contributed by atoms with Gasteiger partial charge in [0.05, 0.1) is 5.39 Å². The summed E-state index contributed by atoms with van der Waals surface area (Å²) in [6, 6.07) is 7.38. The molecule has 1 aliphatic rings. The van der Waals surface area contributed by atoms with Crippen LogP contribution in [0.1, 0.15) is 17.3 Å². The smallest absolute Gasteiger partial charge is 0.341 e. The lowest BCUT2D eigenvalue weighted by Gasteiger charge is -2.36. The van der Waals surface area contributed by atoms with E-state index < -0.39 is 11.4 Å². The number of aromatic carboxylic acids is 1. The largest absolute Gasteiger partial charge is 0.477 e. The van der Waals surface area contributed by atoms with E-state index in [4.69, 9.17) is 23.8 Å². The Labute approximate surface area is 194 Å². The van der Waals surface area contributed by atoms with Gasteiger partial charge in [-0.2, -0.15) is 4.98 Å². The van der Waals surface area contributed by atoms with Gasteiger partial charge < -0.3 is 24.8 Å². The Morgan fingerprint density at radius 3 is 2.69 bits per heavy atom. The highest BCUT2D eigenvalue weighted by Crippen LogP contribution is 2.18. The van der Waals surface area contributed by atoms with Gasteiger partial charge in [-0.15, -0.1) is 0 Å². The Morgan fingerprint density at radius 1 is 1.28 bits per heavy atom. The predicted molar refractivity (Wildman–Crippen MR) is 128 cm³/mol. The van der Waals surface area contributed by atoms with E-state index in [9.17, 15) is 14.7 Å². The van der Waals surface area contributed by atoms with Crippen LogP contribution in [0.3, 0.4) is 0 Å². The van der Waals surface area contributed by atoms with Gasteiger partial charge in [0.15, 0.2) is 5.11 Å². The second-order valence-corrected chi connectivity index (χ2v) is 8.11. The fourth-order valence-corrected chi connectivity index (χ4v) is 4.08. The van der Waals surface area contributed by atoms with Crippen molar-refractivity contribution in [3.8, 4) is 0 Å². The van der Waals surface area contributed by atoms with Crippen molar-refractivity contribution < 1.29 is 9.90 Å². The van der Waals surface area contributed by atoms with E-state index in [1.54, 1.807) is 10.6 Å². The first-order valence-electron chi connectivity index (χ1n) is 10.1. The molecule has 1 aliphatic heterocycles. The molecule has 3 aromatic rings. The van der Waals surface area contributed by atoms with Crippen LogP contribution < -0.4 is 15.6 Å². The van der Waals surface area contributed by atoms with E-state index in [2.05, 4.69) is 20.2 Å². The fraction of sp³-hybridized carbons (Fsp3) is 0.286. The average Bonchev–Trinajstić information content (AvgIpc) is 2.79. The standard InChI is InChI=1S/C21H21ClN6O3S/c1-2-26-12-16(19(30)31)17(29)15-11-23-20(25-18(15)26)27-6-8-28(9-7-27)21(32)24-14-5-3-4-13(22)10-14/h3-5,10-12H,2,6-9H2,1H3,(H,24,32)(H,30,31). The van der Waals surface area contributed by atoms with Crippen LogP contribution in [0.4, 0.5) is 11.6 Å². The van der Waals surface area contributed by atoms with E-state index in [0.717, 1.165) is 5.69 Å². The highest BCUT2D eigenvalue weighted by atomic mass is 35.5. The molecule has 0 unspecified atom stereocenters. The number of carbonyl (C=O) groups is 1. The van der Waals surface area contributed by atoms with Crippen LogP contribution in [-0.2, 0) is 6.54 Å². The number of carboxylic acids is 1. The molecule has 1 saturated heterocycles. The van der Waals surface area contributed by atoms with Crippen molar-refractivity contribution in [1.29, 1.82) is 0 Å². The van der Waals surface area contributed by atoms with Gasteiger partial charge in [-0.1, -0.05) is 17.7 Å². The summed E-state index contributed by atoms with van der Waals surface area (Å²) in [4.78, 5) is 36.9. The molecular weight excluding hydrogens is 452 g/mol. The highest BCUT2D eigenvalue weighted by Gasteiger charge is 2.22. The van der Waals surface area contributed by atoms with E-state index in [0.29, 0.717) is 54.5 Å². The number of nitrogens with zero attached hydrogens (tertiary/aromatic N) is 5. The van der Waals surface area contributed by atoms with Crippen molar-refractivity contribution in [3.05, 3.63) is 57.5 Å². The van der Waals surface area contributed by atoms with Gasteiger partial charge in [-0.25, -0.2) is 9.78 Å². The summed E-state index contributed by atoms with van der Waals surface area (Å²) in [6.07, 6.45) is 2.75. The Balaban J connectivity index is 1.50. The van der Waals surface area contributed by atoms with E-state index in [1.165, 1.54) is 12.4 Å². The van der Waals surface area contributed by atoms with Crippen molar-refractivity contribution in [3.63, 3.8) is 0 Å². The van der Waals surface area contributed by atoms with Crippen LogP contribution in [0, 0.1) is 0 Å². The third-order valence-electron chi connectivity index (χ3n) is 5.30. The van der Waals surface area contributed by atoms with Gasteiger partial charge in [0.1, 0.15) is 11.2 Å². The van der Waals surface area contributed by atoms with Gasteiger partial charge in [-0.3, -0.25) is 4.79 Å². The van der Waals surface area contributed by atoms with Crippen LogP contribution in [-0.4, -0.2) is 61.8 Å². The van der Waals surface area contributed by atoms with Gasteiger partial charge in [0.2, 0.25) is 11.4 Å². The molecule has 11 heteroatoms. The van der Waals surface area contributed by atoms with Crippen LogP contribution in [0.25, 0.3) is 11.0 Å². The average molecular weight is 473 g/mol. The number of nitrogens with one attached hydrogen (secondary N) is 1. The Kier molecular flexibility index (Phi) is 6.24. The number of pyridine rings is 1. The molecule has 166 valence electrons. The van der Waals surface area contributed by atoms with Crippen molar-refractivity contribution in [2.45, 2.75) is 13.5 Å². The summed E-state index contributed by atoms with van der Waals surface area (Å²) in [5, 5.41) is 13.9. The van der Waals surface area contributed by atoms with Crippen molar-refractivity contribution >= 4 is 57.6 Å². The van der Waals surface area contributed by atoms with Gasteiger partial charge in [0.25, 0.3) is 0 Å². The molecule has 0 saturated carbocycles. The molecule has 0 spiro atoms. The zero-order valence-electron chi connectivity index (χ0n) is 17.3. The number of benzene rings is 1. The number of hydrogen-bond donors (Lipinski definition) is 2. The summed E-state index contributed by atoms with van der Waals surface area (Å²) in [5.74, 6) is -0.766. The quantitative estimate of drug-likeness (QED) is 0.554. The molecule has 0 atom stereocenters. The first-order valence-corrected chi connectivity index (χ1v) is 10.9. The van der Waals surface area contributed by atoms with Crippen molar-refractivity contribution in [1.82, 2.24) is 19.4 Å². The zero-order valence-corrected chi connectivity index (χ0v) is 18.9. The predicted octanol–water partition coefficient (Wildman–Crippen LogP) is 2.68. The van der Waals surface area contributed by atoms with Crippen LogP contribution in [0.2, 0.25) is 5.02 Å². The topological polar surface area (TPSA) is 104 Å². The summed E-state index contributed by atoms with van der Waals surface area (Å²) >= 11 is 11.6. The molecule has 1 aromatic carbocycles. The maximum Gasteiger partial charge on any atom is 0.341 e. The SMILES string of the molecule is CCn1cc(C(=O)O)c(=O)c2cnc(N3CCN(C(=S)Nc4cccc(Cl)c4)CC3)nc21. The maximum atomic E-state index is 12.5. The lowest BCUT2D eigenvalue weighted by atomic mass is 10.2. The van der Waals surface area contributed by atoms with Gasteiger partial charge in [0, 0.05) is 55.8 Å². The van der Waals surface area contributed by atoms with E-state index >= 15 is 0 Å². The maximum absolute atomic E-state index is 12.5. The molecule has 0 bridgehead atoms. The Bertz CT molecular complexity index is 1260. The fourth-order valence-electron chi connectivity index (χ4n) is 3.59. The number of piperazine rings is 1. The summed E-state index contributed by atoms with van der Waals surface area (Å²) in [7, 11) is 0. The number of halogens is 1. The number of thiocarbonyl (C=S) groups is 1. The molecule has 0 amide bonds. The molecule has 3 heterocycles. The molecule has 4 rings (SSSR count). The number of aryl methyl sites for hydroxylation is 1. The molecular formula is C21H21ClN6O3S. The van der Waals surface area contributed by atoms with Gasteiger partial charge >= 0.3 is 5.97 Å². The Hall–Kier alpha value is -3.24. The van der Waals surface area contributed by atoms with Crippen LogP contribution in [0.5, 0.6) is 0 Å². The second kappa shape index (κ2) is 9.09. The summed E-state index contributed by atoms with van der Waals surface area (Å²) in [6.45, 7) is 4.98. The number of rotatable bonds is 4. The van der Waals surface area contributed by atoms with Crippen molar-refractivity contribution in [2.24, 2.45) is 0 Å². The molecule has 9 nitrogen and oxygen atoms in total. The number of aromatic nitrogens is 3. The number of carboxylic acid groups (broad SMARTS) is 1. The summed E-state index contributed by atoms with van der Waals surface area (Å²) in [5.41, 5.74) is 0.394. The lowest BCUT2D eigenvalue weighted by molar-refractivity contribution is 0.0695.